The summed E-state index contributed by atoms with van der Waals surface area (Å²) >= 11 is 0. The van der Waals surface area contributed by atoms with Crippen LogP contribution in [0.1, 0.15) is 42.4 Å². The minimum atomic E-state index is 0.337. The first-order chi connectivity index (χ1) is 10.3. The average Bonchev–Trinajstić information content (AvgIpc) is 3.01. The van der Waals surface area contributed by atoms with Crippen molar-refractivity contribution in [2.75, 3.05) is 13.1 Å². The molecule has 4 rings (SSSR count). The molecule has 2 heterocycles. The van der Waals surface area contributed by atoms with Crippen molar-refractivity contribution in [3.05, 3.63) is 34.9 Å². The maximum Gasteiger partial charge on any atom is 0.227 e. The molecule has 1 N–H and O–H groups in total. The molecule has 3 aliphatic rings. The van der Waals surface area contributed by atoms with Crippen LogP contribution in [-0.2, 0) is 24.1 Å². The van der Waals surface area contributed by atoms with Gasteiger partial charge in [-0.05, 0) is 61.8 Å². The molecule has 1 aliphatic carbocycles. The normalized spacial score (nSPS) is 27.5. The second-order valence-electron chi connectivity index (χ2n) is 6.81. The zero-order valence-corrected chi connectivity index (χ0v) is 12.6. The molecule has 2 aliphatic heterocycles. The molecule has 2 unspecified atom stereocenters. The van der Waals surface area contributed by atoms with Crippen LogP contribution in [0.4, 0.5) is 0 Å². The van der Waals surface area contributed by atoms with E-state index in [1.54, 1.807) is 0 Å². The van der Waals surface area contributed by atoms with Crippen molar-refractivity contribution in [2.45, 2.75) is 57.0 Å². The number of fused-ring (bicyclic) bond motifs is 3. The second-order valence-corrected chi connectivity index (χ2v) is 6.81. The highest BCUT2D eigenvalue weighted by molar-refractivity contribution is 5.80. The maximum atomic E-state index is 12.8. The number of amides is 1. The molecule has 3 heteroatoms. The zero-order valence-electron chi connectivity index (χ0n) is 12.6. The quantitative estimate of drug-likeness (QED) is 0.902. The van der Waals surface area contributed by atoms with Gasteiger partial charge in [-0.2, -0.15) is 0 Å². The van der Waals surface area contributed by atoms with Gasteiger partial charge in [-0.3, -0.25) is 4.79 Å². The first-order valence-corrected chi connectivity index (χ1v) is 8.44. The number of rotatable bonds is 2. The van der Waals surface area contributed by atoms with Gasteiger partial charge in [0.25, 0.3) is 0 Å². The summed E-state index contributed by atoms with van der Waals surface area (Å²) in [5.41, 5.74) is 4.17. The first-order valence-electron chi connectivity index (χ1n) is 8.44. The Morgan fingerprint density at radius 3 is 2.95 bits per heavy atom. The highest BCUT2D eigenvalue weighted by Crippen LogP contribution is 2.29. The van der Waals surface area contributed by atoms with Gasteiger partial charge >= 0.3 is 0 Å². The molecule has 1 aromatic carbocycles. The molecule has 2 bridgehead atoms. The molecular formula is C18H24N2O. The highest BCUT2D eigenvalue weighted by atomic mass is 16.2. The maximum absolute atomic E-state index is 12.8. The Labute approximate surface area is 126 Å². The van der Waals surface area contributed by atoms with Crippen LogP contribution in [0.15, 0.2) is 18.2 Å². The molecule has 21 heavy (non-hydrogen) atoms. The molecule has 1 amide bonds. The van der Waals surface area contributed by atoms with Crippen molar-refractivity contribution in [1.82, 2.24) is 10.2 Å². The molecular weight excluding hydrogens is 260 g/mol. The number of hydrogen-bond donors (Lipinski definition) is 1. The van der Waals surface area contributed by atoms with Crippen molar-refractivity contribution in [2.24, 2.45) is 0 Å². The molecule has 0 spiro atoms. The fourth-order valence-corrected chi connectivity index (χ4v) is 4.39. The second kappa shape index (κ2) is 5.45. The number of benzene rings is 1. The zero-order chi connectivity index (χ0) is 14.2. The van der Waals surface area contributed by atoms with E-state index in [9.17, 15) is 4.79 Å². The number of nitrogens with zero attached hydrogens (tertiary/aromatic N) is 1. The minimum Gasteiger partial charge on any atom is -0.335 e. The third-order valence-corrected chi connectivity index (χ3v) is 5.46. The smallest absolute Gasteiger partial charge is 0.227 e. The van der Waals surface area contributed by atoms with Crippen molar-refractivity contribution in [1.29, 1.82) is 0 Å². The molecule has 2 atom stereocenters. The number of hydrogen-bond acceptors (Lipinski definition) is 2. The van der Waals surface area contributed by atoms with Gasteiger partial charge in [0.2, 0.25) is 5.91 Å². The van der Waals surface area contributed by atoms with Crippen LogP contribution in [0.5, 0.6) is 0 Å². The molecule has 0 aromatic heterocycles. The summed E-state index contributed by atoms with van der Waals surface area (Å²) in [5, 5.41) is 3.47. The summed E-state index contributed by atoms with van der Waals surface area (Å²) in [6.45, 7) is 2.04. The van der Waals surface area contributed by atoms with Crippen molar-refractivity contribution in [3.8, 4) is 0 Å². The van der Waals surface area contributed by atoms with Crippen LogP contribution < -0.4 is 5.32 Å². The lowest BCUT2D eigenvalue weighted by Crippen LogP contribution is -2.43. The van der Waals surface area contributed by atoms with Gasteiger partial charge in [0.15, 0.2) is 0 Å². The molecule has 3 nitrogen and oxygen atoms in total. The third-order valence-electron chi connectivity index (χ3n) is 5.46. The number of carbonyl (C=O) groups excluding carboxylic acids is 1. The van der Waals surface area contributed by atoms with E-state index in [2.05, 4.69) is 28.4 Å². The predicted molar refractivity (Wildman–Crippen MR) is 83.3 cm³/mol. The van der Waals surface area contributed by atoms with Crippen molar-refractivity contribution < 1.29 is 4.79 Å². The first kappa shape index (κ1) is 13.3. The van der Waals surface area contributed by atoms with Crippen LogP contribution in [0, 0.1) is 0 Å². The van der Waals surface area contributed by atoms with E-state index in [1.165, 1.54) is 48.8 Å². The van der Waals surface area contributed by atoms with Gasteiger partial charge in [0, 0.05) is 18.6 Å². The van der Waals surface area contributed by atoms with E-state index in [1.807, 2.05) is 0 Å². The Morgan fingerprint density at radius 1 is 1.14 bits per heavy atom. The Balaban J connectivity index is 1.50. The monoisotopic (exact) mass is 284 g/mol. The molecule has 2 fully saturated rings. The van der Waals surface area contributed by atoms with Gasteiger partial charge in [0.1, 0.15) is 0 Å². The lowest BCUT2D eigenvalue weighted by atomic mass is 10.0. The summed E-state index contributed by atoms with van der Waals surface area (Å²) < 4.78 is 0. The topological polar surface area (TPSA) is 32.3 Å². The lowest BCUT2D eigenvalue weighted by molar-refractivity contribution is -0.133. The summed E-state index contributed by atoms with van der Waals surface area (Å²) in [5.74, 6) is 0.337. The fourth-order valence-electron chi connectivity index (χ4n) is 4.39. The summed E-state index contributed by atoms with van der Waals surface area (Å²) in [4.78, 5) is 15.0. The van der Waals surface area contributed by atoms with Gasteiger partial charge in [0.05, 0.1) is 6.42 Å². The van der Waals surface area contributed by atoms with Crippen molar-refractivity contribution >= 4 is 5.91 Å². The Morgan fingerprint density at radius 2 is 2.00 bits per heavy atom. The number of nitrogens with one attached hydrogen (secondary N) is 1. The Hall–Kier alpha value is -1.35. The van der Waals surface area contributed by atoms with Gasteiger partial charge in [-0.25, -0.2) is 0 Å². The van der Waals surface area contributed by atoms with Gasteiger partial charge < -0.3 is 10.2 Å². The van der Waals surface area contributed by atoms with E-state index in [0.29, 0.717) is 24.4 Å². The minimum absolute atomic E-state index is 0.337. The largest absolute Gasteiger partial charge is 0.335 e. The highest BCUT2D eigenvalue weighted by Gasteiger charge is 2.37. The van der Waals surface area contributed by atoms with E-state index in [4.69, 9.17) is 0 Å². The van der Waals surface area contributed by atoms with Gasteiger partial charge in [-0.15, -0.1) is 0 Å². The fraction of sp³-hybridized carbons (Fsp3) is 0.611. The van der Waals surface area contributed by atoms with Crippen molar-refractivity contribution in [3.63, 3.8) is 0 Å². The van der Waals surface area contributed by atoms with Crippen LogP contribution >= 0.6 is 0 Å². The predicted octanol–water partition coefficient (Wildman–Crippen LogP) is 2.07. The Kier molecular flexibility index (Phi) is 3.46. The van der Waals surface area contributed by atoms with E-state index < -0.39 is 0 Å². The van der Waals surface area contributed by atoms with E-state index in [0.717, 1.165) is 19.5 Å². The summed E-state index contributed by atoms with van der Waals surface area (Å²) in [6, 6.07) is 7.59. The molecule has 0 radical (unpaired) electrons. The Bertz CT molecular complexity index is 540. The summed E-state index contributed by atoms with van der Waals surface area (Å²) in [6.07, 6.45) is 7.75. The molecule has 0 saturated carbocycles. The molecule has 1 aromatic rings. The number of carbonyl (C=O) groups is 1. The van der Waals surface area contributed by atoms with Crippen LogP contribution in [-0.4, -0.2) is 36.0 Å². The summed E-state index contributed by atoms with van der Waals surface area (Å²) in [7, 11) is 0. The van der Waals surface area contributed by atoms with Crippen LogP contribution in [0.2, 0.25) is 0 Å². The van der Waals surface area contributed by atoms with Crippen LogP contribution in [0.3, 0.4) is 0 Å². The molecule has 112 valence electrons. The SMILES string of the molecule is O=C(Cc1ccc2c(c1)CCC2)N1C2CCNCC1CC2. The average molecular weight is 284 g/mol. The standard InChI is InChI=1S/C18H24N2O/c21-18(20-16-6-7-17(20)12-19-9-8-16)11-13-4-5-14-2-1-3-15(14)10-13/h4-5,10,16-17,19H,1-3,6-9,11-12H2. The lowest BCUT2D eigenvalue weighted by Gasteiger charge is -2.28. The van der Waals surface area contributed by atoms with E-state index in [-0.39, 0.29) is 0 Å². The number of aryl methyl sites for hydroxylation is 2. The van der Waals surface area contributed by atoms with Gasteiger partial charge in [-0.1, -0.05) is 18.2 Å². The molecule has 2 saturated heterocycles. The van der Waals surface area contributed by atoms with E-state index >= 15 is 0 Å². The third kappa shape index (κ3) is 2.48. The van der Waals surface area contributed by atoms with Crippen LogP contribution in [0.25, 0.3) is 0 Å².